The first-order valence-corrected chi connectivity index (χ1v) is 5.12. The van der Waals surface area contributed by atoms with Crippen molar-refractivity contribution in [2.45, 2.75) is 46.5 Å². The van der Waals surface area contributed by atoms with Crippen molar-refractivity contribution in [3.63, 3.8) is 0 Å². The van der Waals surface area contributed by atoms with E-state index in [0.717, 1.165) is 0 Å². The highest BCUT2D eigenvalue weighted by Crippen LogP contribution is 2.41. The third-order valence-electron chi connectivity index (χ3n) is 2.94. The molecule has 0 bridgehead atoms. The Labute approximate surface area is 76.4 Å². The summed E-state index contributed by atoms with van der Waals surface area (Å²) in [7, 11) is 0. The highest BCUT2D eigenvalue weighted by Gasteiger charge is 2.28. The highest BCUT2D eigenvalue weighted by molar-refractivity contribution is 5.32. The number of rotatable bonds is 4. The van der Waals surface area contributed by atoms with Gasteiger partial charge in [-0.25, -0.2) is 0 Å². The van der Waals surface area contributed by atoms with E-state index in [0.29, 0.717) is 5.41 Å². The zero-order chi connectivity index (χ0) is 9.03. The highest BCUT2D eigenvalue weighted by atomic mass is 14.3. The molecule has 0 N–H and O–H groups in total. The molecule has 0 aliphatic heterocycles. The Kier molecular flexibility index (Phi) is 3.13. The molecule has 0 nitrogen and oxygen atoms in total. The SMILES string of the molecule is CCCC1(CCC)C=CC=C1C. The fraction of sp³-hybridized carbons (Fsp3) is 0.667. The largest absolute Gasteiger partial charge is 0.0743 e. The molecule has 0 saturated carbocycles. The first kappa shape index (κ1) is 9.57. The molecular formula is C12H20. The summed E-state index contributed by atoms with van der Waals surface area (Å²) in [6, 6.07) is 0. The Balaban J connectivity index is 2.72. The van der Waals surface area contributed by atoms with Crippen LogP contribution in [0.15, 0.2) is 23.8 Å². The molecule has 12 heavy (non-hydrogen) atoms. The molecule has 0 heteroatoms. The van der Waals surface area contributed by atoms with E-state index in [1.165, 1.54) is 25.7 Å². The summed E-state index contributed by atoms with van der Waals surface area (Å²) in [5.41, 5.74) is 2.00. The summed E-state index contributed by atoms with van der Waals surface area (Å²) in [5.74, 6) is 0. The van der Waals surface area contributed by atoms with Gasteiger partial charge < -0.3 is 0 Å². The van der Waals surface area contributed by atoms with Crippen LogP contribution in [-0.2, 0) is 0 Å². The van der Waals surface area contributed by atoms with Crippen molar-refractivity contribution in [3.05, 3.63) is 23.8 Å². The van der Waals surface area contributed by atoms with Crippen LogP contribution in [0, 0.1) is 5.41 Å². The van der Waals surface area contributed by atoms with Crippen LogP contribution in [0.2, 0.25) is 0 Å². The van der Waals surface area contributed by atoms with Crippen LogP contribution in [0.5, 0.6) is 0 Å². The molecule has 0 saturated heterocycles. The van der Waals surface area contributed by atoms with Crippen molar-refractivity contribution in [1.29, 1.82) is 0 Å². The molecule has 68 valence electrons. The fourth-order valence-electron chi connectivity index (χ4n) is 2.25. The first-order chi connectivity index (χ1) is 5.75. The normalized spacial score (nSPS) is 19.8. The van der Waals surface area contributed by atoms with Gasteiger partial charge in [0.2, 0.25) is 0 Å². The van der Waals surface area contributed by atoms with Gasteiger partial charge in [-0.15, -0.1) is 0 Å². The summed E-state index contributed by atoms with van der Waals surface area (Å²) < 4.78 is 0. The van der Waals surface area contributed by atoms with E-state index in [2.05, 4.69) is 39.0 Å². The summed E-state index contributed by atoms with van der Waals surface area (Å²) >= 11 is 0. The molecule has 0 spiro atoms. The zero-order valence-corrected chi connectivity index (χ0v) is 8.56. The van der Waals surface area contributed by atoms with Gasteiger partial charge >= 0.3 is 0 Å². The van der Waals surface area contributed by atoms with Crippen LogP contribution in [0.4, 0.5) is 0 Å². The van der Waals surface area contributed by atoms with Crippen molar-refractivity contribution >= 4 is 0 Å². The first-order valence-electron chi connectivity index (χ1n) is 5.12. The van der Waals surface area contributed by atoms with Crippen molar-refractivity contribution < 1.29 is 0 Å². The van der Waals surface area contributed by atoms with Gasteiger partial charge in [0, 0.05) is 5.41 Å². The lowest BCUT2D eigenvalue weighted by molar-refractivity contribution is 0.385. The van der Waals surface area contributed by atoms with Gasteiger partial charge in [0.05, 0.1) is 0 Å². The number of allylic oxidation sites excluding steroid dienone is 4. The van der Waals surface area contributed by atoms with Gasteiger partial charge in [-0.3, -0.25) is 0 Å². The van der Waals surface area contributed by atoms with E-state index >= 15 is 0 Å². The minimum atomic E-state index is 0.434. The maximum Gasteiger partial charge on any atom is 0.00939 e. The summed E-state index contributed by atoms with van der Waals surface area (Å²) in [6.07, 6.45) is 12.1. The Morgan fingerprint density at radius 3 is 2.08 bits per heavy atom. The van der Waals surface area contributed by atoms with E-state index in [-0.39, 0.29) is 0 Å². The molecular weight excluding hydrogens is 144 g/mol. The van der Waals surface area contributed by atoms with Crippen LogP contribution >= 0.6 is 0 Å². The molecule has 1 aliphatic carbocycles. The molecule has 0 amide bonds. The van der Waals surface area contributed by atoms with Crippen LogP contribution in [0.3, 0.4) is 0 Å². The topological polar surface area (TPSA) is 0 Å². The standard InChI is InChI=1S/C12H20/c1-4-8-12(9-5-2)10-6-7-11(12)3/h6-7,10H,4-5,8-9H2,1-3H3. The van der Waals surface area contributed by atoms with Crippen molar-refractivity contribution in [2.75, 3.05) is 0 Å². The number of hydrogen-bond donors (Lipinski definition) is 0. The average molecular weight is 164 g/mol. The third-order valence-corrected chi connectivity index (χ3v) is 2.94. The van der Waals surface area contributed by atoms with E-state index in [1.54, 1.807) is 5.57 Å². The molecule has 0 aromatic heterocycles. The minimum Gasteiger partial charge on any atom is -0.0743 e. The molecule has 0 atom stereocenters. The Morgan fingerprint density at radius 2 is 1.75 bits per heavy atom. The van der Waals surface area contributed by atoms with Crippen LogP contribution in [-0.4, -0.2) is 0 Å². The molecule has 1 rings (SSSR count). The lowest BCUT2D eigenvalue weighted by Crippen LogP contribution is -2.16. The van der Waals surface area contributed by atoms with Gasteiger partial charge in [-0.2, -0.15) is 0 Å². The van der Waals surface area contributed by atoms with Crippen LogP contribution in [0.1, 0.15) is 46.5 Å². The fourth-order valence-corrected chi connectivity index (χ4v) is 2.25. The Morgan fingerprint density at radius 1 is 1.17 bits per heavy atom. The maximum absolute atomic E-state index is 2.40. The van der Waals surface area contributed by atoms with Gasteiger partial charge in [0.25, 0.3) is 0 Å². The lowest BCUT2D eigenvalue weighted by atomic mass is 9.76. The quantitative estimate of drug-likeness (QED) is 0.587. The van der Waals surface area contributed by atoms with Gasteiger partial charge in [0.1, 0.15) is 0 Å². The summed E-state index contributed by atoms with van der Waals surface area (Å²) in [5, 5.41) is 0. The third kappa shape index (κ3) is 1.63. The van der Waals surface area contributed by atoms with Crippen molar-refractivity contribution in [3.8, 4) is 0 Å². The van der Waals surface area contributed by atoms with Gasteiger partial charge in [0.15, 0.2) is 0 Å². The predicted molar refractivity (Wildman–Crippen MR) is 55.1 cm³/mol. The predicted octanol–water partition coefficient (Wildman–Crippen LogP) is 4.09. The van der Waals surface area contributed by atoms with Crippen molar-refractivity contribution in [2.24, 2.45) is 5.41 Å². The molecule has 1 aliphatic rings. The minimum absolute atomic E-state index is 0.434. The van der Waals surface area contributed by atoms with E-state index in [9.17, 15) is 0 Å². The molecule has 0 aromatic carbocycles. The second-order valence-electron chi connectivity index (χ2n) is 3.86. The van der Waals surface area contributed by atoms with Crippen LogP contribution in [0.25, 0.3) is 0 Å². The van der Waals surface area contributed by atoms with Gasteiger partial charge in [-0.1, -0.05) is 50.5 Å². The van der Waals surface area contributed by atoms with Crippen LogP contribution < -0.4 is 0 Å². The lowest BCUT2D eigenvalue weighted by Gasteiger charge is -2.28. The van der Waals surface area contributed by atoms with E-state index in [4.69, 9.17) is 0 Å². The van der Waals surface area contributed by atoms with Gasteiger partial charge in [-0.05, 0) is 19.8 Å². The van der Waals surface area contributed by atoms with E-state index < -0.39 is 0 Å². The summed E-state index contributed by atoms with van der Waals surface area (Å²) in [4.78, 5) is 0. The molecule has 0 unspecified atom stereocenters. The smallest absolute Gasteiger partial charge is 0.00939 e. The monoisotopic (exact) mass is 164 g/mol. The molecule has 0 heterocycles. The zero-order valence-electron chi connectivity index (χ0n) is 8.56. The second-order valence-corrected chi connectivity index (χ2v) is 3.86. The Bertz CT molecular complexity index is 190. The average Bonchev–Trinajstić information content (AvgIpc) is 2.35. The Hall–Kier alpha value is -0.520. The van der Waals surface area contributed by atoms with E-state index in [1.807, 2.05) is 0 Å². The summed E-state index contributed by atoms with van der Waals surface area (Å²) in [6.45, 7) is 6.82. The molecule has 0 aromatic rings. The molecule has 0 radical (unpaired) electrons. The second kappa shape index (κ2) is 3.93. The van der Waals surface area contributed by atoms with Crippen molar-refractivity contribution in [1.82, 2.24) is 0 Å². The number of hydrogen-bond acceptors (Lipinski definition) is 0. The molecule has 0 fully saturated rings. The maximum atomic E-state index is 2.40.